The number of methoxy groups -OCH3 is 1. The number of benzene rings is 1. The lowest BCUT2D eigenvalue weighted by atomic mass is 9.99. The second-order valence-electron chi connectivity index (χ2n) is 5.55. The van der Waals surface area contributed by atoms with E-state index >= 15 is 0 Å². The zero-order valence-corrected chi connectivity index (χ0v) is 14.2. The van der Waals surface area contributed by atoms with E-state index < -0.39 is 0 Å². The maximum absolute atomic E-state index is 11.5. The van der Waals surface area contributed by atoms with Crippen molar-refractivity contribution in [2.24, 2.45) is 5.92 Å². The van der Waals surface area contributed by atoms with Crippen LogP contribution in [0.15, 0.2) is 22.7 Å². The molecule has 21 heavy (non-hydrogen) atoms. The molecule has 2 rings (SSSR count). The second kappa shape index (κ2) is 7.92. The monoisotopic (exact) mass is 355 g/mol. The molecule has 0 spiro atoms. The predicted molar refractivity (Wildman–Crippen MR) is 85.4 cm³/mol. The number of rotatable bonds is 5. The highest BCUT2D eigenvalue weighted by molar-refractivity contribution is 9.10. The molecule has 0 radical (unpaired) electrons. The van der Waals surface area contributed by atoms with Gasteiger partial charge in [0.2, 0.25) is 0 Å². The van der Waals surface area contributed by atoms with Gasteiger partial charge < -0.3 is 14.4 Å². The number of hydrogen-bond donors (Lipinski definition) is 0. The van der Waals surface area contributed by atoms with Gasteiger partial charge in [0.1, 0.15) is 0 Å². The fraction of sp³-hybridized carbons (Fsp3) is 0.562. The highest BCUT2D eigenvalue weighted by Crippen LogP contribution is 2.22. The first-order valence-electron chi connectivity index (χ1n) is 7.23. The fourth-order valence-corrected chi connectivity index (χ4v) is 3.15. The Kier molecular flexibility index (Phi) is 6.21. The minimum Gasteiger partial charge on any atom is -0.465 e. The zero-order valence-electron chi connectivity index (χ0n) is 12.6. The third-order valence-electron chi connectivity index (χ3n) is 3.83. The van der Waals surface area contributed by atoms with Gasteiger partial charge >= 0.3 is 5.97 Å². The van der Waals surface area contributed by atoms with Gasteiger partial charge in [-0.25, -0.2) is 4.79 Å². The molecule has 4 nitrogen and oxygen atoms in total. The lowest BCUT2D eigenvalue weighted by Gasteiger charge is -2.27. The number of nitrogens with zero attached hydrogens (tertiary/aromatic N) is 1. The minimum absolute atomic E-state index is 0.308. The van der Waals surface area contributed by atoms with Gasteiger partial charge in [-0.05, 0) is 43.5 Å². The van der Waals surface area contributed by atoms with E-state index in [0.717, 1.165) is 49.5 Å². The van der Waals surface area contributed by atoms with Crippen molar-refractivity contribution in [3.63, 3.8) is 0 Å². The highest BCUT2D eigenvalue weighted by Gasteiger charge is 2.16. The average molecular weight is 356 g/mol. The van der Waals surface area contributed by atoms with Crippen molar-refractivity contribution in [3.8, 4) is 0 Å². The van der Waals surface area contributed by atoms with E-state index in [0.29, 0.717) is 5.56 Å². The Balaban J connectivity index is 1.93. The predicted octanol–water partition coefficient (Wildman–Crippen LogP) is 3.09. The highest BCUT2D eigenvalue weighted by atomic mass is 79.9. The third-order valence-corrected chi connectivity index (χ3v) is 4.56. The zero-order chi connectivity index (χ0) is 15.2. The lowest BCUT2D eigenvalue weighted by molar-refractivity contribution is 0.0549. The van der Waals surface area contributed by atoms with Crippen LogP contribution in [0, 0.1) is 5.92 Å². The van der Waals surface area contributed by atoms with Crippen LogP contribution in [-0.2, 0) is 16.0 Å². The Morgan fingerprint density at radius 3 is 2.76 bits per heavy atom. The molecule has 1 aliphatic heterocycles. The molecule has 1 heterocycles. The molecule has 1 aliphatic rings. The standard InChI is InChI=1S/C16H22BrNO3/c1-18(10-12-5-7-21-8-6-12)11-14-4-3-13(9-15(14)17)16(19)20-2/h3-4,9,12H,5-8,10-11H2,1-2H3. The summed E-state index contributed by atoms with van der Waals surface area (Å²) in [5.41, 5.74) is 1.75. The molecule has 0 aromatic heterocycles. The largest absolute Gasteiger partial charge is 0.465 e. The minimum atomic E-state index is -0.308. The van der Waals surface area contributed by atoms with Crippen molar-refractivity contribution >= 4 is 21.9 Å². The molecule has 116 valence electrons. The molecule has 0 atom stereocenters. The van der Waals surface area contributed by atoms with Crippen LogP contribution < -0.4 is 0 Å². The molecule has 1 aromatic rings. The molecule has 1 saturated heterocycles. The number of carbonyl (C=O) groups is 1. The van der Waals surface area contributed by atoms with Crippen LogP contribution in [0.25, 0.3) is 0 Å². The van der Waals surface area contributed by atoms with Gasteiger partial charge in [0.05, 0.1) is 12.7 Å². The van der Waals surface area contributed by atoms with Gasteiger partial charge in [0, 0.05) is 30.8 Å². The van der Waals surface area contributed by atoms with Crippen molar-refractivity contribution in [2.45, 2.75) is 19.4 Å². The number of esters is 1. The molecule has 0 N–H and O–H groups in total. The Morgan fingerprint density at radius 1 is 1.43 bits per heavy atom. The van der Waals surface area contributed by atoms with Crippen molar-refractivity contribution in [1.29, 1.82) is 0 Å². The number of hydrogen-bond acceptors (Lipinski definition) is 4. The maximum Gasteiger partial charge on any atom is 0.337 e. The molecule has 0 bridgehead atoms. The van der Waals surface area contributed by atoms with E-state index in [1.54, 1.807) is 0 Å². The Hall–Kier alpha value is -0.910. The first-order valence-corrected chi connectivity index (χ1v) is 8.02. The van der Waals surface area contributed by atoms with Gasteiger partial charge in [-0.3, -0.25) is 0 Å². The molecular weight excluding hydrogens is 334 g/mol. The molecule has 0 amide bonds. The van der Waals surface area contributed by atoms with Crippen LogP contribution >= 0.6 is 15.9 Å². The lowest BCUT2D eigenvalue weighted by Crippen LogP contribution is -2.29. The molecule has 5 heteroatoms. The van der Waals surface area contributed by atoms with Crippen molar-refractivity contribution in [1.82, 2.24) is 4.90 Å². The maximum atomic E-state index is 11.5. The molecule has 0 unspecified atom stereocenters. The smallest absolute Gasteiger partial charge is 0.337 e. The Labute approximate surface area is 134 Å². The summed E-state index contributed by atoms with van der Waals surface area (Å²) in [6.45, 7) is 3.71. The topological polar surface area (TPSA) is 38.8 Å². The molecule has 1 fully saturated rings. The van der Waals surface area contributed by atoms with Crippen LogP contribution in [0.1, 0.15) is 28.8 Å². The van der Waals surface area contributed by atoms with Crippen molar-refractivity contribution < 1.29 is 14.3 Å². The molecule has 1 aromatic carbocycles. The van der Waals surface area contributed by atoms with Gasteiger partial charge in [0.15, 0.2) is 0 Å². The fourth-order valence-electron chi connectivity index (χ4n) is 2.65. The van der Waals surface area contributed by atoms with Gasteiger partial charge in [-0.15, -0.1) is 0 Å². The molecular formula is C16H22BrNO3. The quantitative estimate of drug-likeness (QED) is 0.760. The first-order chi connectivity index (χ1) is 10.1. The number of halogens is 1. The van der Waals surface area contributed by atoms with E-state index in [4.69, 9.17) is 9.47 Å². The van der Waals surface area contributed by atoms with Crippen molar-refractivity contribution in [3.05, 3.63) is 33.8 Å². The van der Waals surface area contributed by atoms with Gasteiger partial charge in [-0.1, -0.05) is 22.0 Å². The van der Waals surface area contributed by atoms with Crippen molar-refractivity contribution in [2.75, 3.05) is 33.9 Å². The summed E-state index contributed by atoms with van der Waals surface area (Å²) in [5.74, 6) is 0.412. The average Bonchev–Trinajstić information content (AvgIpc) is 2.49. The van der Waals surface area contributed by atoms with E-state index in [-0.39, 0.29) is 5.97 Å². The summed E-state index contributed by atoms with van der Waals surface area (Å²) in [4.78, 5) is 13.8. The second-order valence-corrected chi connectivity index (χ2v) is 6.40. The summed E-state index contributed by atoms with van der Waals surface area (Å²) in [5, 5.41) is 0. The summed E-state index contributed by atoms with van der Waals surface area (Å²) >= 11 is 3.54. The summed E-state index contributed by atoms with van der Waals surface area (Å²) in [7, 11) is 3.53. The van der Waals surface area contributed by atoms with Gasteiger partial charge in [-0.2, -0.15) is 0 Å². The van der Waals surface area contributed by atoms with Crippen LogP contribution in [-0.4, -0.2) is 44.8 Å². The number of carbonyl (C=O) groups excluding carboxylic acids is 1. The normalized spacial score (nSPS) is 16.2. The van der Waals surface area contributed by atoms with E-state index in [2.05, 4.69) is 27.9 Å². The van der Waals surface area contributed by atoms with Crippen LogP contribution in [0.3, 0.4) is 0 Å². The SMILES string of the molecule is COC(=O)c1ccc(CN(C)CC2CCOCC2)c(Br)c1. The molecule has 0 aliphatic carbocycles. The molecule has 0 saturated carbocycles. The number of ether oxygens (including phenoxy) is 2. The summed E-state index contributed by atoms with van der Waals surface area (Å²) in [6, 6.07) is 5.62. The van der Waals surface area contributed by atoms with E-state index in [9.17, 15) is 4.79 Å². The Morgan fingerprint density at radius 2 is 2.14 bits per heavy atom. The van der Waals surface area contributed by atoms with Crippen LogP contribution in [0.2, 0.25) is 0 Å². The Bertz CT molecular complexity index is 486. The van der Waals surface area contributed by atoms with Gasteiger partial charge in [0.25, 0.3) is 0 Å². The first kappa shape index (κ1) is 16.5. The van der Waals surface area contributed by atoms with Crippen LogP contribution in [0.4, 0.5) is 0 Å². The van der Waals surface area contributed by atoms with E-state index in [1.165, 1.54) is 12.7 Å². The third kappa shape index (κ3) is 4.80. The van der Waals surface area contributed by atoms with Crippen LogP contribution in [0.5, 0.6) is 0 Å². The summed E-state index contributed by atoms with van der Waals surface area (Å²) in [6.07, 6.45) is 2.29. The van der Waals surface area contributed by atoms with E-state index in [1.807, 2.05) is 18.2 Å². The summed E-state index contributed by atoms with van der Waals surface area (Å²) < 4.78 is 11.1.